The maximum absolute atomic E-state index is 10.3. The van der Waals surface area contributed by atoms with Gasteiger partial charge in [-0.3, -0.25) is 0 Å². The zero-order chi connectivity index (χ0) is 15.8. The van der Waals surface area contributed by atoms with E-state index < -0.39 is 6.10 Å². The first-order chi connectivity index (χ1) is 9.68. The van der Waals surface area contributed by atoms with Gasteiger partial charge in [-0.2, -0.15) is 0 Å². The molecule has 2 nitrogen and oxygen atoms in total. The van der Waals surface area contributed by atoms with Gasteiger partial charge >= 0.3 is 0 Å². The van der Waals surface area contributed by atoms with Gasteiger partial charge in [0.25, 0.3) is 0 Å². The third-order valence-corrected chi connectivity index (χ3v) is 5.99. The maximum Gasteiger partial charge on any atom is 0.0914 e. The second kappa shape index (κ2) is 5.73. The molecule has 0 heterocycles. The summed E-state index contributed by atoms with van der Waals surface area (Å²) in [6.45, 7) is 15.3. The van der Waals surface area contributed by atoms with Crippen LogP contribution < -0.4 is 5.32 Å². The molecule has 0 spiro atoms. The van der Waals surface area contributed by atoms with Crippen molar-refractivity contribution in [2.75, 3.05) is 13.1 Å². The molecule has 0 amide bonds. The molecule has 1 unspecified atom stereocenters. The lowest BCUT2D eigenvalue weighted by Gasteiger charge is -2.14. The molecule has 1 aromatic carbocycles. The molecule has 0 saturated heterocycles. The van der Waals surface area contributed by atoms with Crippen LogP contribution in [0.25, 0.3) is 0 Å². The zero-order valence-electron chi connectivity index (χ0n) is 14.4. The molecule has 21 heavy (non-hydrogen) atoms. The van der Waals surface area contributed by atoms with Gasteiger partial charge in [0, 0.05) is 6.54 Å². The molecule has 2 rings (SSSR count). The fourth-order valence-electron chi connectivity index (χ4n) is 3.43. The Balaban J connectivity index is 1.81. The van der Waals surface area contributed by atoms with E-state index in [0.717, 1.165) is 12.1 Å². The van der Waals surface area contributed by atoms with Crippen molar-refractivity contribution in [3.8, 4) is 0 Å². The van der Waals surface area contributed by atoms with Crippen LogP contribution in [0.15, 0.2) is 24.3 Å². The molecular formula is C19H31NO. The van der Waals surface area contributed by atoms with Crippen molar-refractivity contribution in [1.29, 1.82) is 0 Å². The Bertz CT molecular complexity index is 459. The minimum absolute atomic E-state index is 0.407. The van der Waals surface area contributed by atoms with E-state index in [0.29, 0.717) is 29.2 Å². The molecule has 0 aromatic heterocycles. The van der Waals surface area contributed by atoms with Gasteiger partial charge in [-0.15, -0.1) is 0 Å². The first-order valence-electron chi connectivity index (χ1n) is 8.16. The molecule has 118 valence electrons. The fourth-order valence-corrected chi connectivity index (χ4v) is 3.43. The summed E-state index contributed by atoms with van der Waals surface area (Å²) in [4.78, 5) is 0. The lowest BCUT2D eigenvalue weighted by atomic mass is 10.00. The smallest absolute Gasteiger partial charge is 0.0914 e. The van der Waals surface area contributed by atoms with Gasteiger partial charge in [0.05, 0.1) is 6.10 Å². The van der Waals surface area contributed by atoms with E-state index in [1.54, 1.807) is 0 Å². The average molecular weight is 289 g/mol. The van der Waals surface area contributed by atoms with Gasteiger partial charge in [0.2, 0.25) is 0 Å². The second-order valence-electron chi connectivity index (χ2n) is 7.99. The van der Waals surface area contributed by atoms with E-state index in [9.17, 15) is 5.11 Å². The lowest BCUT2D eigenvalue weighted by molar-refractivity contribution is 0.173. The first-order valence-corrected chi connectivity index (χ1v) is 8.16. The van der Waals surface area contributed by atoms with E-state index in [1.807, 2.05) is 12.1 Å². The molecule has 1 aromatic rings. The van der Waals surface area contributed by atoms with Gasteiger partial charge in [-0.1, -0.05) is 65.8 Å². The minimum Gasteiger partial charge on any atom is -0.387 e. The SMILES string of the molecule is CC(C)c1ccc(C(O)CNCC2C(C)(C)C2(C)C)cc1. The van der Waals surface area contributed by atoms with Crippen LogP contribution in [0, 0.1) is 16.7 Å². The summed E-state index contributed by atoms with van der Waals surface area (Å²) in [6.07, 6.45) is -0.420. The van der Waals surface area contributed by atoms with E-state index in [2.05, 4.69) is 59.0 Å². The van der Waals surface area contributed by atoms with E-state index in [-0.39, 0.29) is 0 Å². The third-order valence-electron chi connectivity index (χ3n) is 5.99. The van der Waals surface area contributed by atoms with Crippen LogP contribution in [-0.4, -0.2) is 18.2 Å². The number of rotatable bonds is 6. The number of hydrogen-bond donors (Lipinski definition) is 2. The quantitative estimate of drug-likeness (QED) is 0.826. The van der Waals surface area contributed by atoms with Gasteiger partial charge in [-0.05, 0) is 40.3 Å². The monoisotopic (exact) mass is 289 g/mol. The van der Waals surface area contributed by atoms with Crippen LogP contribution in [0.4, 0.5) is 0 Å². The maximum atomic E-state index is 10.3. The van der Waals surface area contributed by atoms with E-state index >= 15 is 0 Å². The number of nitrogens with one attached hydrogen (secondary N) is 1. The molecule has 0 aliphatic heterocycles. The second-order valence-corrected chi connectivity index (χ2v) is 7.99. The van der Waals surface area contributed by atoms with Crippen LogP contribution >= 0.6 is 0 Å². The largest absolute Gasteiger partial charge is 0.387 e. The van der Waals surface area contributed by atoms with Crippen molar-refractivity contribution in [1.82, 2.24) is 5.32 Å². The standard InChI is InChI=1S/C19H31NO/c1-13(2)14-7-9-15(10-8-14)16(21)11-20-12-17-18(3,4)19(17,5)6/h7-10,13,16-17,20-21H,11-12H2,1-6H3. The van der Waals surface area contributed by atoms with Gasteiger partial charge < -0.3 is 10.4 Å². The first kappa shape index (κ1) is 16.5. The summed E-state index contributed by atoms with van der Waals surface area (Å²) in [7, 11) is 0. The summed E-state index contributed by atoms with van der Waals surface area (Å²) < 4.78 is 0. The number of aliphatic hydroxyl groups is 1. The molecule has 1 saturated carbocycles. The lowest BCUT2D eigenvalue weighted by Crippen LogP contribution is -2.25. The predicted octanol–water partition coefficient (Wildman–Crippen LogP) is 4.12. The van der Waals surface area contributed by atoms with Crippen molar-refractivity contribution in [3.63, 3.8) is 0 Å². The van der Waals surface area contributed by atoms with Crippen LogP contribution in [0.3, 0.4) is 0 Å². The molecule has 1 aliphatic carbocycles. The molecule has 1 aliphatic rings. The van der Waals surface area contributed by atoms with Crippen LogP contribution in [0.2, 0.25) is 0 Å². The van der Waals surface area contributed by atoms with Gasteiger partial charge in [0.15, 0.2) is 0 Å². The summed E-state index contributed by atoms with van der Waals surface area (Å²) in [5, 5.41) is 13.7. The van der Waals surface area contributed by atoms with Crippen molar-refractivity contribution >= 4 is 0 Å². The topological polar surface area (TPSA) is 32.3 Å². The zero-order valence-corrected chi connectivity index (χ0v) is 14.4. The molecule has 0 bridgehead atoms. The van der Waals surface area contributed by atoms with E-state index in [1.165, 1.54) is 5.56 Å². The Hall–Kier alpha value is -0.860. The summed E-state index contributed by atoms with van der Waals surface area (Å²) in [6, 6.07) is 8.34. The fraction of sp³-hybridized carbons (Fsp3) is 0.684. The highest BCUT2D eigenvalue weighted by Gasteiger charge is 2.63. The van der Waals surface area contributed by atoms with Crippen molar-refractivity contribution in [3.05, 3.63) is 35.4 Å². The Morgan fingerprint density at radius 1 is 1.00 bits per heavy atom. The van der Waals surface area contributed by atoms with Crippen molar-refractivity contribution in [2.45, 2.75) is 53.6 Å². The van der Waals surface area contributed by atoms with Gasteiger partial charge in [-0.25, -0.2) is 0 Å². The van der Waals surface area contributed by atoms with E-state index in [4.69, 9.17) is 0 Å². The summed E-state index contributed by atoms with van der Waals surface area (Å²) >= 11 is 0. The highest BCUT2D eigenvalue weighted by Crippen LogP contribution is 2.67. The van der Waals surface area contributed by atoms with Gasteiger partial charge in [0.1, 0.15) is 0 Å². The Kier molecular flexibility index (Phi) is 4.51. The number of aliphatic hydroxyl groups excluding tert-OH is 1. The molecule has 0 radical (unpaired) electrons. The molecule has 1 fully saturated rings. The third kappa shape index (κ3) is 3.17. The summed E-state index contributed by atoms with van der Waals surface area (Å²) in [5.74, 6) is 1.23. The molecule has 2 N–H and O–H groups in total. The highest BCUT2D eigenvalue weighted by atomic mass is 16.3. The molecule has 2 heteroatoms. The van der Waals surface area contributed by atoms with Crippen molar-refractivity contribution in [2.24, 2.45) is 16.7 Å². The number of hydrogen-bond acceptors (Lipinski definition) is 2. The van der Waals surface area contributed by atoms with Crippen molar-refractivity contribution < 1.29 is 5.11 Å². The normalized spacial score (nSPS) is 21.5. The highest BCUT2D eigenvalue weighted by molar-refractivity contribution is 5.26. The predicted molar refractivity (Wildman–Crippen MR) is 89.4 cm³/mol. The van der Waals surface area contributed by atoms with Crippen LogP contribution in [0.5, 0.6) is 0 Å². The Morgan fingerprint density at radius 2 is 1.48 bits per heavy atom. The summed E-state index contributed by atoms with van der Waals surface area (Å²) in [5.41, 5.74) is 3.13. The average Bonchev–Trinajstić information content (AvgIpc) is 2.80. The Morgan fingerprint density at radius 3 is 1.90 bits per heavy atom. The molecular weight excluding hydrogens is 258 g/mol. The van der Waals surface area contributed by atoms with Crippen LogP contribution in [0.1, 0.15) is 64.7 Å². The van der Waals surface area contributed by atoms with Crippen LogP contribution in [-0.2, 0) is 0 Å². The number of benzene rings is 1. The molecule has 1 atom stereocenters. The Labute approximate surface area is 130 Å². The minimum atomic E-state index is -0.420.